The number of hydrogen-bond acceptors (Lipinski definition) is 10. The van der Waals surface area contributed by atoms with Gasteiger partial charge in [0.25, 0.3) is 5.91 Å². The van der Waals surface area contributed by atoms with Crippen molar-refractivity contribution in [2.24, 2.45) is 0 Å². The molecule has 144 valence electrons. The molecule has 2 heterocycles. The van der Waals surface area contributed by atoms with E-state index in [4.69, 9.17) is 22.6 Å². The van der Waals surface area contributed by atoms with Gasteiger partial charge in [-0.1, -0.05) is 29.0 Å². The zero-order valence-electron chi connectivity index (χ0n) is 13.7. The highest BCUT2D eigenvalue weighted by Crippen LogP contribution is 2.33. The van der Waals surface area contributed by atoms with Gasteiger partial charge < -0.3 is 10.0 Å². The molecule has 8 nitrogen and oxygen atoms in total. The van der Waals surface area contributed by atoms with Gasteiger partial charge in [0.1, 0.15) is 10.9 Å². The summed E-state index contributed by atoms with van der Waals surface area (Å²) < 4.78 is 4.59. The Morgan fingerprint density at radius 1 is 1.38 bits per heavy atom. The summed E-state index contributed by atoms with van der Waals surface area (Å²) in [5, 5.41) is 21.5. The van der Waals surface area contributed by atoms with Crippen molar-refractivity contribution in [3.63, 3.8) is 0 Å². The number of aliphatic carboxylic acids is 1. The van der Waals surface area contributed by atoms with Crippen LogP contribution >= 0.6 is 47.8 Å². The molecule has 2 aliphatic heterocycles. The molecule has 2 aliphatic rings. The van der Waals surface area contributed by atoms with E-state index in [1.807, 2.05) is 6.08 Å². The first kappa shape index (κ1) is 21.5. The molecule has 0 radical (unpaired) electrons. The summed E-state index contributed by atoms with van der Waals surface area (Å²) in [6.45, 7) is 1.41. The fourth-order valence-corrected chi connectivity index (χ4v) is 4.97. The van der Waals surface area contributed by atoms with Crippen LogP contribution in [-0.2, 0) is 19.0 Å². The molecule has 0 aromatic heterocycles. The normalized spacial score (nSPS) is 20.8. The van der Waals surface area contributed by atoms with Crippen LogP contribution in [0.4, 0.5) is 0 Å². The lowest BCUT2D eigenvalue weighted by Crippen LogP contribution is -2.33. The largest absolute Gasteiger partial charge is 0.480 e. The van der Waals surface area contributed by atoms with Crippen molar-refractivity contribution in [2.45, 2.75) is 12.8 Å². The predicted molar refractivity (Wildman–Crippen MR) is 106 cm³/mol. The molecule has 0 aromatic rings. The molecule has 0 unspecified atom stereocenters. The predicted octanol–water partition coefficient (Wildman–Crippen LogP) is 2.56. The lowest BCUT2D eigenvalue weighted by Gasteiger charge is -2.18. The Balaban J connectivity index is 1.87. The topological polar surface area (TPSA) is 99.5 Å². The Bertz CT molecular complexity index is 612. The SMILES string of the molecule is O=C(O)CN1C(=O)/C(=C/C=C2\SCCN2CCCCSOOO)SC1=S. The highest BCUT2D eigenvalue weighted by Gasteiger charge is 2.33. The number of hydrogen-bond donors (Lipinski definition) is 2. The van der Waals surface area contributed by atoms with Gasteiger partial charge in [0.15, 0.2) is 0 Å². The van der Waals surface area contributed by atoms with Crippen LogP contribution in [0.3, 0.4) is 0 Å². The molecule has 0 atom stereocenters. The molecule has 0 aromatic carbocycles. The summed E-state index contributed by atoms with van der Waals surface area (Å²) in [7, 11) is 0. The van der Waals surface area contributed by atoms with Gasteiger partial charge in [0, 0.05) is 36.6 Å². The Hall–Kier alpha value is -0.760. The number of carbonyl (C=O) groups excluding carboxylic acids is 1. The molecule has 1 amide bonds. The van der Waals surface area contributed by atoms with E-state index in [1.54, 1.807) is 17.8 Å². The quantitative estimate of drug-likeness (QED) is 0.131. The number of thioether (sulfide) groups is 2. The maximum atomic E-state index is 12.2. The number of rotatable bonds is 10. The van der Waals surface area contributed by atoms with E-state index in [0.717, 1.165) is 65.4 Å². The van der Waals surface area contributed by atoms with Gasteiger partial charge in [-0.25, -0.2) is 5.26 Å². The van der Waals surface area contributed by atoms with E-state index in [9.17, 15) is 9.59 Å². The van der Waals surface area contributed by atoms with Gasteiger partial charge in [0.2, 0.25) is 0 Å². The second-order valence-corrected chi connectivity index (χ2v) is 8.77. The van der Waals surface area contributed by atoms with Gasteiger partial charge in [-0.15, -0.1) is 16.1 Å². The molecule has 0 bridgehead atoms. The van der Waals surface area contributed by atoms with Crippen molar-refractivity contribution in [1.82, 2.24) is 9.80 Å². The molecule has 2 N–H and O–H groups in total. The number of thiocarbonyl (C=S) groups is 1. The second-order valence-electron chi connectivity index (χ2n) is 5.20. The Morgan fingerprint density at radius 2 is 2.19 bits per heavy atom. The molecule has 12 heteroatoms. The molecule has 2 rings (SSSR count). The monoisotopic (exact) mass is 438 g/mol. The third-order valence-electron chi connectivity index (χ3n) is 3.45. The highest BCUT2D eigenvalue weighted by molar-refractivity contribution is 8.26. The zero-order valence-corrected chi connectivity index (χ0v) is 16.9. The van der Waals surface area contributed by atoms with Crippen LogP contribution < -0.4 is 0 Å². The first-order valence-electron chi connectivity index (χ1n) is 7.68. The maximum absolute atomic E-state index is 12.2. The van der Waals surface area contributed by atoms with E-state index in [-0.39, 0.29) is 10.2 Å². The molecular formula is C14H18N2O6S4. The van der Waals surface area contributed by atoms with Crippen molar-refractivity contribution in [2.75, 3.05) is 31.1 Å². The summed E-state index contributed by atoms with van der Waals surface area (Å²) in [5.41, 5.74) is 0. The smallest absolute Gasteiger partial charge is 0.323 e. The Labute approximate surface area is 169 Å². The minimum absolute atomic E-state index is 0.268. The molecule has 0 saturated carbocycles. The standard InChI is InChI=1S/C14H18N2O6S4/c17-12(18)9-16-13(19)10(26-14(16)23)3-4-11-15(6-8-24-11)5-1-2-7-25-22-21-20/h3-4,20H,1-2,5-9H2,(H,17,18)/b10-3-,11-4-. The maximum Gasteiger partial charge on any atom is 0.323 e. The van der Waals surface area contributed by atoms with Gasteiger partial charge in [0.05, 0.1) is 9.93 Å². The number of amides is 1. The van der Waals surface area contributed by atoms with Gasteiger partial charge in [-0.3, -0.25) is 14.5 Å². The van der Waals surface area contributed by atoms with Crippen molar-refractivity contribution < 1.29 is 29.3 Å². The highest BCUT2D eigenvalue weighted by atomic mass is 32.2. The van der Waals surface area contributed by atoms with Gasteiger partial charge in [-0.2, -0.15) is 0 Å². The van der Waals surface area contributed by atoms with Crippen molar-refractivity contribution in [1.29, 1.82) is 0 Å². The van der Waals surface area contributed by atoms with Crippen LogP contribution in [0.15, 0.2) is 22.1 Å². The summed E-state index contributed by atoms with van der Waals surface area (Å²) in [6, 6.07) is 0. The lowest BCUT2D eigenvalue weighted by atomic mass is 10.3. The first-order chi connectivity index (χ1) is 12.5. The molecule has 26 heavy (non-hydrogen) atoms. The van der Waals surface area contributed by atoms with E-state index in [0.29, 0.717) is 10.7 Å². The van der Waals surface area contributed by atoms with Crippen molar-refractivity contribution in [3.05, 3.63) is 22.1 Å². The number of carboxylic acid groups (broad SMARTS) is 1. The average molecular weight is 439 g/mol. The Morgan fingerprint density at radius 3 is 2.92 bits per heavy atom. The number of allylic oxidation sites excluding steroid dienone is 2. The molecule has 0 aliphatic carbocycles. The minimum Gasteiger partial charge on any atom is -0.480 e. The van der Waals surface area contributed by atoms with Gasteiger partial charge in [-0.05, 0) is 25.0 Å². The van der Waals surface area contributed by atoms with E-state index in [1.165, 1.54) is 0 Å². The number of unbranched alkanes of at least 4 members (excludes halogenated alkanes) is 1. The second kappa shape index (κ2) is 11.2. The van der Waals surface area contributed by atoms with Gasteiger partial charge >= 0.3 is 5.97 Å². The van der Waals surface area contributed by atoms with Crippen LogP contribution in [-0.4, -0.2) is 67.5 Å². The summed E-state index contributed by atoms with van der Waals surface area (Å²) >= 11 is 8.97. The zero-order chi connectivity index (χ0) is 18.9. The molecular weight excluding hydrogens is 420 g/mol. The van der Waals surface area contributed by atoms with Crippen LogP contribution in [0.25, 0.3) is 0 Å². The fourth-order valence-electron chi connectivity index (χ4n) is 2.29. The van der Waals surface area contributed by atoms with Crippen LogP contribution in [0.1, 0.15) is 12.8 Å². The van der Waals surface area contributed by atoms with E-state index < -0.39 is 12.5 Å². The third-order valence-corrected chi connectivity index (χ3v) is 6.54. The molecule has 2 fully saturated rings. The van der Waals surface area contributed by atoms with Crippen LogP contribution in [0.5, 0.6) is 0 Å². The number of nitrogens with zero attached hydrogens (tertiary/aromatic N) is 2. The first-order valence-corrected chi connectivity index (χ1v) is 10.8. The fraction of sp³-hybridized carbons (Fsp3) is 0.500. The minimum atomic E-state index is -1.09. The number of carbonyl (C=O) groups is 2. The molecule has 2 saturated heterocycles. The third kappa shape index (κ3) is 6.44. The van der Waals surface area contributed by atoms with E-state index >= 15 is 0 Å². The molecule has 0 spiro atoms. The van der Waals surface area contributed by atoms with Crippen molar-refractivity contribution >= 4 is 64.0 Å². The summed E-state index contributed by atoms with van der Waals surface area (Å²) in [6.07, 6.45) is 5.48. The van der Waals surface area contributed by atoms with Crippen LogP contribution in [0, 0.1) is 0 Å². The summed E-state index contributed by atoms with van der Waals surface area (Å²) in [4.78, 5) is 26.8. The summed E-state index contributed by atoms with van der Waals surface area (Å²) in [5.74, 6) is 0.243. The van der Waals surface area contributed by atoms with Crippen LogP contribution in [0.2, 0.25) is 0 Å². The lowest BCUT2D eigenvalue weighted by molar-refractivity contribution is -0.432. The average Bonchev–Trinajstić information content (AvgIpc) is 3.15. The number of carboxylic acids is 1. The van der Waals surface area contributed by atoms with E-state index in [2.05, 4.69) is 14.3 Å². The Kier molecular flexibility index (Phi) is 9.25. The van der Waals surface area contributed by atoms with Crippen molar-refractivity contribution in [3.8, 4) is 0 Å².